The summed E-state index contributed by atoms with van der Waals surface area (Å²) in [5.74, 6) is -1.97. The largest absolute Gasteiger partial charge is 0.340 e. The van der Waals surface area contributed by atoms with E-state index in [-0.39, 0.29) is 18.1 Å². The lowest BCUT2D eigenvalue weighted by molar-refractivity contribution is -0.137. The summed E-state index contributed by atoms with van der Waals surface area (Å²) in [7, 11) is 0. The summed E-state index contributed by atoms with van der Waals surface area (Å²) < 4.78 is 13.7. The third-order valence-electron chi connectivity index (χ3n) is 3.61. The minimum Gasteiger partial charge on any atom is -0.340 e. The molecule has 1 atom stereocenters. The Morgan fingerprint density at radius 2 is 1.68 bits per heavy atom. The molecule has 2 rings (SSSR count). The van der Waals surface area contributed by atoms with Crippen LogP contribution in [0.3, 0.4) is 0 Å². The zero-order valence-corrected chi connectivity index (χ0v) is 14.2. The first-order chi connectivity index (χ1) is 12.0. The highest BCUT2D eigenvalue weighted by Gasteiger charge is 2.25. The maximum absolute atomic E-state index is 13.7. The highest BCUT2D eigenvalue weighted by Crippen LogP contribution is 2.09. The van der Waals surface area contributed by atoms with Crippen LogP contribution in [0, 0.1) is 11.7 Å². The Morgan fingerprint density at radius 1 is 1.04 bits per heavy atom. The first-order valence-corrected chi connectivity index (χ1v) is 8.00. The van der Waals surface area contributed by atoms with Gasteiger partial charge >= 0.3 is 0 Å². The van der Waals surface area contributed by atoms with E-state index in [1.807, 2.05) is 30.3 Å². The van der Waals surface area contributed by atoms with E-state index < -0.39 is 23.7 Å². The van der Waals surface area contributed by atoms with Crippen LogP contribution in [0.25, 0.3) is 0 Å². The van der Waals surface area contributed by atoms with Gasteiger partial charge in [0.05, 0.1) is 12.2 Å². The minimum atomic E-state index is -0.845. The lowest BCUT2D eigenvalue weighted by Crippen LogP contribution is -2.49. The Bertz CT molecular complexity index is 720. The zero-order chi connectivity index (χ0) is 18.2. The number of hydroxylamine groups is 1. The number of benzene rings is 2. The van der Waals surface area contributed by atoms with E-state index in [4.69, 9.17) is 4.84 Å². The second-order valence-electron chi connectivity index (χ2n) is 5.92. The van der Waals surface area contributed by atoms with Gasteiger partial charge in [-0.15, -0.1) is 0 Å². The van der Waals surface area contributed by atoms with E-state index in [1.165, 1.54) is 18.2 Å². The van der Waals surface area contributed by atoms with Crippen molar-refractivity contribution in [2.45, 2.75) is 26.5 Å². The third kappa shape index (κ3) is 5.39. The van der Waals surface area contributed by atoms with Crippen LogP contribution >= 0.6 is 0 Å². The molecule has 0 aliphatic carbocycles. The molecule has 0 aliphatic rings. The molecule has 2 amide bonds. The number of hydrogen-bond acceptors (Lipinski definition) is 3. The Balaban J connectivity index is 1.94. The summed E-state index contributed by atoms with van der Waals surface area (Å²) in [5, 5.41) is 2.55. The molecule has 0 aliphatic heterocycles. The molecule has 0 radical (unpaired) electrons. The molecule has 5 nitrogen and oxygen atoms in total. The van der Waals surface area contributed by atoms with Crippen molar-refractivity contribution in [3.05, 3.63) is 71.5 Å². The standard InChI is InChI=1S/C19H21FN2O3/c1-13(2)17(21-18(23)15-10-6-7-11-16(15)20)19(24)22-25-12-14-8-4-3-5-9-14/h3-11,13,17H,12H2,1-2H3,(H,21,23)(H,22,24). The summed E-state index contributed by atoms with van der Waals surface area (Å²) in [4.78, 5) is 29.7. The molecule has 2 aromatic rings. The number of carbonyl (C=O) groups excluding carboxylic acids is 2. The van der Waals surface area contributed by atoms with Crippen molar-refractivity contribution in [2.24, 2.45) is 5.92 Å². The molecule has 2 N–H and O–H groups in total. The van der Waals surface area contributed by atoms with Crippen LogP contribution in [0.1, 0.15) is 29.8 Å². The molecule has 0 heterocycles. The van der Waals surface area contributed by atoms with Gasteiger partial charge in [0.15, 0.2) is 0 Å². The van der Waals surface area contributed by atoms with Crippen molar-refractivity contribution >= 4 is 11.8 Å². The lowest BCUT2D eigenvalue weighted by atomic mass is 10.0. The second kappa shape index (κ2) is 8.94. The van der Waals surface area contributed by atoms with Crippen LogP contribution in [0.5, 0.6) is 0 Å². The average Bonchev–Trinajstić information content (AvgIpc) is 2.60. The molecule has 0 bridgehead atoms. The highest BCUT2D eigenvalue weighted by molar-refractivity contribution is 5.97. The number of hydrogen-bond donors (Lipinski definition) is 2. The van der Waals surface area contributed by atoms with E-state index in [9.17, 15) is 14.0 Å². The number of nitrogens with one attached hydrogen (secondary N) is 2. The Hall–Kier alpha value is -2.73. The van der Waals surface area contributed by atoms with E-state index in [2.05, 4.69) is 10.8 Å². The quantitative estimate of drug-likeness (QED) is 0.759. The molecule has 0 saturated carbocycles. The van der Waals surface area contributed by atoms with Gasteiger partial charge < -0.3 is 5.32 Å². The Kier molecular flexibility index (Phi) is 6.65. The Labute approximate surface area is 146 Å². The minimum absolute atomic E-state index is 0.105. The third-order valence-corrected chi connectivity index (χ3v) is 3.61. The summed E-state index contributed by atoms with van der Waals surface area (Å²) in [6.07, 6.45) is 0. The molecule has 132 valence electrons. The Morgan fingerprint density at radius 3 is 2.32 bits per heavy atom. The van der Waals surface area contributed by atoms with Gasteiger partial charge in [-0.2, -0.15) is 0 Å². The normalized spacial score (nSPS) is 11.8. The molecular weight excluding hydrogens is 323 g/mol. The number of amides is 2. The van der Waals surface area contributed by atoms with Crippen molar-refractivity contribution in [1.29, 1.82) is 0 Å². The summed E-state index contributed by atoms with van der Waals surface area (Å²) >= 11 is 0. The fourth-order valence-corrected chi connectivity index (χ4v) is 2.23. The van der Waals surface area contributed by atoms with Crippen molar-refractivity contribution in [2.75, 3.05) is 0 Å². The lowest BCUT2D eigenvalue weighted by Gasteiger charge is -2.21. The van der Waals surface area contributed by atoms with Gasteiger partial charge in [0.2, 0.25) is 0 Å². The molecule has 0 fully saturated rings. The molecule has 1 unspecified atom stereocenters. The van der Waals surface area contributed by atoms with Crippen molar-refractivity contribution in [1.82, 2.24) is 10.8 Å². The van der Waals surface area contributed by atoms with E-state index in [0.29, 0.717) is 0 Å². The van der Waals surface area contributed by atoms with Crippen LogP contribution in [-0.4, -0.2) is 17.9 Å². The highest BCUT2D eigenvalue weighted by atomic mass is 19.1. The van der Waals surface area contributed by atoms with Crippen LogP contribution in [0.4, 0.5) is 4.39 Å². The van der Waals surface area contributed by atoms with Crippen molar-refractivity contribution in [3.63, 3.8) is 0 Å². The van der Waals surface area contributed by atoms with E-state index in [1.54, 1.807) is 19.9 Å². The van der Waals surface area contributed by atoms with Crippen LogP contribution < -0.4 is 10.8 Å². The van der Waals surface area contributed by atoms with E-state index >= 15 is 0 Å². The predicted octanol–water partition coefficient (Wildman–Crippen LogP) is 2.83. The first-order valence-electron chi connectivity index (χ1n) is 8.00. The zero-order valence-electron chi connectivity index (χ0n) is 14.2. The maximum atomic E-state index is 13.7. The van der Waals surface area contributed by atoms with Crippen molar-refractivity contribution in [3.8, 4) is 0 Å². The van der Waals surface area contributed by atoms with E-state index in [0.717, 1.165) is 5.56 Å². The van der Waals surface area contributed by atoms with Gasteiger partial charge in [0.1, 0.15) is 11.9 Å². The van der Waals surface area contributed by atoms with Crippen LogP contribution in [0.15, 0.2) is 54.6 Å². The summed E-state index contributed by atoms with van der Waals surface area (Å²) in [6.45, 7) is 3.77. The van der Waals surface area contributed by atoms with Crippen LogP contribution in [-0.2, 0) is 16.2 Å². The number of halogens is 1. The molecule has 0 spiro atoms. The van der Waals surface area contributed by atoms with Gasteiger partial charge in [-0.25, -0.2) is 9.87 Å². The molecule has 2 aromatic carbocycles. The fourth-order valence-electron chi connectivity index (χ4n) is 2.23. The molecule has 0 saturated heterocycles. The number of rotatable bonds is 7. The van der Waals surface area contributed by atoms with Gasteiger partial charge in [0.25, 0.3) is 11.8 Å². The van der Waals surface area contributed by atoms with Gasteiger partial charge in [-0.3, -0.25) is 14.4 Å². The molecule has 25 heavy (non-hydrogen) atoms. The second-order valence-corrected chi connectivity index (χ2v) is 5.92. The number of carbonyl (C=O) groups is 2. The van der Waals surface area contributed by atoms with Crippen molar-refractivity contribution < 1.29 is 18.8 Å². The molecular formula is C19H21FN2O3. The monoisotopic (exact) mass is 344 g/mol. The summed E-state index contributed by atoms with van der Waals surface area (Å²) in [6, 6.07) is 14.1. The van der Waals surface area contributed by atoms with Gasteiger partial charge in [0, 0.05) is 0 Å². The maximum Gasteiger partial charge on any atom is 0.266 e. The summed E-state index contributed by atoms with van der Waals surface area (Å²) in [5.41, 5.74) is 3.13. The average molecular weight is 344 g/mol. The fraction of sp³-hybridized carbons (Fsp3) is 0.263. The smallest absolute Gasteiger partial charge is 0.266 e. The predicted molar refractivity (Wildman–Crippen MR) is 91.9 cm³/mol. The molecule has 0 aromatic heterocycles. The van der Waals surface area contributed by atoms with Crippen LogP contribution in [0.2, 0.25) is 0 Å². The van der Waals surface area contributed by atoms with Gasteiger partial charge in [-0.05, 0) is 23.6 Å². The first kappa shape index (κ1) is 18.6. The SMILES string of the molecule is CC(C)C(NC(=O)c1ccccc1F)C(=O)NOCc1ccccc1. The molecule has 6 heteroatoms. The topological polar surface area (TPSA) is 67.4 Å². The van der Waals surface area contributed by atoms with Gasteiger partial charge in [-0.1, -0.05) is 56.3 Å².